The van der Waals surface area contributed by atoms with Crippen LogP contribution >= 0.6 is 11.6 Å². The topological polar surface area (TPSA) is 37.3 Å². The van der Waals surface area contributed by atoms with E-state index in [9.17, 15) is 9.32 Å². The summed E-state index contributed by atoms with van der Waals surface area (Å²) in [4.78, 5) is 0.743. The maximum atomic E-state index is 12.7. The zero-order valence-corrected chi connectivity index (χ0v) is 24.0. The lowest BCUT2D eigenvalue weighted by molar-refractivity contribution is 0.158. The van der Waals surface area contributed by atoms with Gasteiger partial charge in [-0.2, -0.15) is 0 Å². The lowest BCUT2D eigenvalue weighted by atomic mass is 9.62. The minimum absolute atomic E-state index is 0.171. The van der Waals surface area contributed by atoms with E-state index in [2.05, 4.69) is 38.7 Å². The number of benzene rings is 1. The van der Waals surface area contributed by atoms with Crippen molar-refractivity contribution in [2.45, 2.75) is 90.1 Å². The zero-order valence-electron chi connectivity index (χ0n) is 22.4. The Labute approximate surface area is 226 Å². The quantitative estimate of drug-likeness (QED) is 0.375. The van der Waals surface area contributed by atoms with E-state index >= 15 is 0 Å². The number of halogens is 1. The van der Waals surface area contributed by atoms with Crippen LogP contribution in [0.1, 0.15) is 79.1 Å². The predicted molar refractivity (Wildman–Crippen MR) is 155 cm³/mol. The molecule has 0 heterocycles. The van der Waals surface area contributed by atoms with Crippen molar-refractivity contribution in [2.75, 3.05) is 0 Å². The smallest absolute Gasteiger partial charge is 0.106 e. The molecule has 1 N–H and O–H groups in total. The van der Waals surface area contributed by atoms with Crippen molar-refractivity contribution in [1.82, 2.24) is 0 Å². The van der Waals surface area contributed by atoms with Gasteiger partial charge >= 0.3 is 0 Å². The molecule has 1 aromatic rings. The Morgan fingerprint density at radius 3 is 2.69 bits per heavy atom. The molecular weight excluding hydrogens is 484 g/mol. The van der Waals surface area contributed by atoms with E-state index in [-0.39, 0.29) is 11.5 Å². The molecule has 36 heavy (non-hydrogen) atoms. The van der Waals surface area contributed by atoms with Gasteiger partial charge in [0.1, 0.15) is 4.36 Å². The molecule has 3 aliphatic rings. The summed E-state index contributed by atoms with van der Waals surface area (Å²) in [6.45, 7) is 12.9. The normalized spacial score (nSPS) is 30.3. The van der Waals surface area contributed by atoms with Crippen LogP contribution in [-0.4, -0.2) is 15.4 Å². The maximum absolute atomic E-state index is 12.7. The van der Waals surface area contributed by atoms with Gasteiger partial charge in [-0.3, -0.25) is 0 Å². The van der Waals surface area contributed by atoms with Crippen molar-refractivity contribution < 1.29 is 9.32 Å². The van der Waals surface area contributed by atoms with Gasteiger partial charge in [-0.25, -0.2) is 4.21 Å². The van der Waals surface area contributed by atoms with Gasteiger partial charge in [-0.15, -0.1) is 0 Å². The van der Waals surface area contributed by atoms with E-state index in [0.29, 0.717) is 16.2 Å². The highest BCUT2D eigenvalue weighted by atomic mass is 35.5. The Hall–Kier alpha value is -1.68. The van der Waals surface area contributed by atoms with E-state index < -0.39 is 10.8 Å². The Balaban J connectivity index is 0.00000176. The number of hydrogen-bond donors (Lipinski definition) is 1. The van der Waals surface area contributed by atoms with Crippen molar-refractivity contribution in [3.63, 3.8) is 0 Å². The number of aliphatic hydroxyl groups excluding tert-OH is 1. The SMILES string of the molecule is C=C1CCC(O)C/C1=C/C=C1\CCCC2(C)C([C@H](C)C/C=C(\Cl)S(=O)c3ccccc3)=CCC12.CC. The first kappa shape index (κ1) is 28.9. The van der Waals surface area contributed by atoms with Crippen LogP contribution in [-0.2, 0) is 10.8 Å². The molecule has 2 nitrogen and oxygen atoms in total. The first-order valence-electron chi connectivity index (χ1n) is 13.6. The second-order valence-electron chi connectivity index (χ2n) is 10.4. The summed E-state index contributed by atoms with van der Waals surface area (Å²) in [5, 5.41) is 10.1. The molecule has 0 saturated heterocycles. The molecule has 0 bridgehead atoms. The van der Waals surface area contributed by atoms with Gasteiger partial charge in [0.2, 0.25) is 0 Å². The van der Waals surface area contributed by atoms with Crippen LogP contribution in [0.25, 0.3) is 0 Å². The van der Waals surface area contributed by atoms with Crippen LogP contribution in [0, 0.1) is 17.3 Å². The molecule has 0 aliphatic heterocycles. The van der Waals surface area contributed by atoms with Crippen LogP contribution in [0.4, 0.5) is 0 Å². The first-order chi connectivity index (χ1) is 17.3. The average molecular weight is 527 g/mol. The molecule has 1 aromatic carbocycles. The highest BCUT2D eigenvalue weighted by Gasteiger charge is 2.45. The lowest BCUT2D eigenvalue weighted by Crippen LogP contribution is -2.32. The molecule has 2 saturated carbocycles. The maximum Gasteiger partial charge on any atom is 0.106 e. The number of allylic oxidation sites excluding steroid dienone is 7. The molecule has 2 fully saturated rings. The van der Waals surface area contributed by atoms with E-state index in [1.807, 2.05) is 50.3 Å². The van der Waals surface area contributed by atoms with Crippen LogP contribution in [0.3, 0.4) is 0 Å². The predicted octanol–water partition coefficient (Wildman–Crippen LogP) is 9.02. The van der Waals surface area contributed by atoms with Crippen molar-refractivity contribution in [3.8, 4) is 0 Å². The summed E-state index contributed by atoms with van der Waals surface area (Å²) >= 11 is 6.45. The van der Waals surface area contributed by atoms with Crippen LogP contribution in [0.2, 0.25) is 0 Å². The average Bonchev–Trinajstić information content (AvgIpc) is 3.26. The largest absolute Gasteiger partial charge is 0.393 e. The zero-order chi connectivity index (χ0) is 26.3. The fourth-order valence-corrected chi connectivity index (χ4v) is 7.37. The summed E-state index contributed by atoms with van der Waals surface area (Å²) in [5.41, 5.74) is 5.62. The molecule has 5 atom stereocenters. The van der Waals surface area contributed by atoms with Gasteiger partial charge in [0.25, 0.3) is 0 Å². The van der Waals surface area contributed by atoms with Gasteiger partial charge in [0.15, 0.2) is 0 Å². The van der Waals surface area contributed by atoms with Crippen molar-refractivity contribution in [2.24, 2.45) is 17.3 Å². The highest BCUT2D eigenvalue weighted by molar-refractivity contribution is 7.90. The van der Waals surface area contributed by atoms with E-state index in [1.54, 1.807) is 0 Å². The molecule has 196 valence electrons. The fraction of sp³-hybridized carbons (Fsp3) is 0.500. The van der Waals surface area contributed by atoms with Gasteiger partial charge in [0.05, 0.1) is 16.9 Å². The molecule has 0 amide bonds. The summed E-state index contributed by atoms with van der Waals surface area (Å²) in [5.74, 6) is 0.901. The van der Waals surface area contributed by atoms with E-state index in [0.717, 1.165) is 43.4 Å². The molecular formula is C32H43ClO2S. The van der Waals surface area contributed by atoms with Gasteiger partial charge in [-0.05, 0) is 86.3 Å². The lowest BCUT2D eigenvalue weighted by Gasteiger charge is -2.42. The third kappa shape index (κ3) is 6.60. The van der Waals surface area contributed by atoms with Crippen molar-refractivity contribution in [3.05, 3.63) is 87.9 Å². The number of rotatable bonds is 6. The fourth-order valence-electron chi connectivity index (χ4n) is 6.14. The minimum Gasteiger partial charge on any atom is -0.393 e. The van der Waals surface area contributed by atoms with E-state index in [4.69, 9.17) is 11.6 Å². The van der Waals surface area contributed by atoms with E-state index in [1.165, 1.54) is 35.1 Å². The van der Waals surface area contributed by atoms with Gasteiger partial charge < -0.3 is 5.11 Å². The number of aliphatic hydroxyl groups is 1. The minimum atomic E-state index is -1.31. The monoisotopic (exact) mass is 526 g/mol. The van der Waals surface area contributed by atoms with Gasteiger partial charge in [0, 0.05) is 4.90 Å². The molecule has 4 heteroatoms. The Morgan fingerprint density at radius 2 is 1.97 bits per heavy atom. The third-order valence-electron chi connectivity index (χ3n) is 8.10. The summed E-state index contributed by atoms with van der Waals surface area (Å²) < 4.78 is 13.1. The molecule has 4 unspecified atom stereocenters. The van der Waals surface area contributed by atoms with Crippen LogP contribution in [0.15, 0.2) is 92.8 Å². The molecule has 0 spiro atoms. The van der Waals surface area contributed by atoms with Crippen LogP contribution in [0.5, 0.6) is 0 Å². The summed E-state index contributed by atoms with van der Waals surface area (Å²) in [7, 11) is -1.31. The second-order valence-corrected chi connectivity index (χ2v) is 12.5. The Morgan fingerprint density at radius 1 is 1.25 bits per heavy atom. The second kappa shape index (κ2) is 13.2. The van der Waals surface area contributed by atoms with Gasteiger partial charge in [-0.1, -0.05) is 105 Å². The molecule has 0 aromatic heterocycles. The van der Waals surface area contributed by atoms with Crippen molar-refractivity contribution >= 4 is 22.4 Å². The highest BCUT2D eigenvalue weighted by Crippen LogP contribution is 2.57. The molecule has 4 rings (SSSR count). The first-order valence-corrected chi connectivity index (χ1v) is 15.1. The van der Waals surface area contributed by atoms with Crippen LogP contribution < -0.4 is 0 Å². The molecule has 0 radical (unpaired) electrons. The number of hydrogen-bond acceptors (Lipinski definition) is 2. The summed E-state index contributed by atoms with van der Waals surface area (Å²) in [6.07, 6.45) is 16.6. The third-order valence-corrected chi connectivity index (χ3v) is 9.89. The Kier molecular flexibility index (Phi) is 10.6. The Bertz CT molecular complexity index is 1060. The standard InChI is InChI=1S/C30H37ClO2S.C2H6/c1-21-11-15-25(32)20-24(21)14-13-23-8-7-19-30(3)27(16-17-28(23)30)22(2)12-18-29(31)34(33)26-9-5-4-6-10-26;1-2/h4-6,9-10,13-14,16,18,22,25,28,32H,1,7-8,11-12,15,17,19-20H2,2-3H3;1-2H3/b23-13+,24-14-,29-18+;/t22-,25?,28?,30?,34?;/m1./s1. The number of fused-ring (bicyclic) bond motifs is 1. The molecule has 3 aliphatic carbocycles. The summed E-state index contributed by atoms with van der Waals surface area (Å²) in [6, 6.07) is 9.41. The van der Waals surface area contributed by atoms with Crippen molar-refractivity contribution in [1.29, 1.82) is 0 Å².